The molecule has 0 aromatic rings. The molecule has 19 heavy (non-hydrogen) atoms. The predicted octanol–water partition coefficient (Wildman–Crippen LogP) is 0.199. The second-order valence-corrected chi connectivity index (χ2v) is 7.23. The fraction of sp³-hybridized carbons (Fsp3) is 0.917. The second kappa shape index (κ2) is 7.21. The van der Waals surface area contributed by atoms with Gasteiger partial charge in [-0.2, -0.15) is 0 Å². The molecule has 7 heteroatoms. The first kappa shape index (κ1) is 16.4. The van der Waals surface area contributed by atoms with Crippen molar-refractivity contribution in [3.63, 3.8) is 0 Å². The van der Waals surface area contributed by atoms with Crippen LogP contribution in [0.5, 0.6) is 0 Å². The van der Waals surface area contributed by atoms with Crippen LogP contribution in [0.2, 0.25) is 0 Å². The minimum atomic E-state index is -3.54. The maximum atomic E-state index is 12.0. The monoisotopic (exact) mass is 292 g/mol. The van der Waals surface area contributed by atoms with Crippen molar-refractivity contribution >= 4 is 16.0 Å². The van der Waals surface area contributed by atoms with Gasteiger partial charge in [-0.05, 0) is 25.3 Å². The number of carbonyl (C=O) groups is 1. The molecule has 1 rings (SSSR count). The number of methoxy groups -OCH3 is 1. The zero-order valence-electron chi connectivity index (χ0n) is 11.9. The molecule has 0 aromatic carbocycles. The van der Waals surface area contributed by atoms with Gasteiger partial charge in [-0.1, -0.05) is 13.8 Å². The number of nitrogens with one attached hydrogen (secondary N) is 1. The van der Waals surface area contributed by atoms with Gasteiger partial charge in [-0.3, -0.25) is 4.79 Å². The van der Waals surface area contributed by atoms with Gasteiger partial charge in [0.15, 0.2) is 5.75 Å². The minimum absolute atomic E-state index is 0.309. The number of piperidine rings is 1. The third-order valence-electron chi connectivity index (χ3n) is 3.22. The van der Waals surface area contributed by atoms with E-state index in [1.807, 2.05) is 0 Å². The highest BCUT2D eigenvalue weighted by Gasteiger charge is 2.30. The SMILES string of the molecule is COC(=O)CS(=O)(=O)N1CCCC(CNC(C)C)C1. The van der Waals surface area contributed by atoms with Crippen LogP contribution in [-0.2, 0) is 19.6 Å². The summed E-state index contributed by atoms with van der Waals surface area (Å²) in [5, 5.41) is 3.33. The zero-order chi connectivity index (χ0) is 14.5. The molecular weight excluding hydrogens is 268 g/mol. The number of sulfonamides is 1. The zero-order valence-corrected chi connectivity index (χ0v) is 12.7. The Balaban J connectivity index is 2.56. The Morgan fingerprint density at radius 2 is 2.16 bits per heavy atom. The van der Waals surface area contributed by atoms with Crippen LogP contribution < -0.4 is 5.32 Å². The standard InChI is InChI=1S/C12H24N2O4S/c1-10(2)13-7-11-5-4-6-14(8-11)19(16,17)9-12(15)18-3/h10-11,13H,4-9H2,1-3H3. The topological polar surface area (TPSA) is 75.7 Å². The van der Waals surface area contributed by atoms with Gasteiger partial charge in [0, 0.05) is 19.1 Å². The second-order valence-electron chi connectivity index (χ2n) is 5.26. The Morgan fingerprint density at radius 3 is 2.74 bits per heavy atom. The summed E-state index contributed by atoms with van der Waals surface area (Å²) in [6.07, 6.45) is 1.86. The molecule has 0 radical (unpaired) electrons. The first-order valence-electron chi connectivity index (χ1n) is 6.63. The average Bonchev–Trinajstić information content (AvgIpc) is 2.36. The molecule has 0 amide bonds. The van der Waals surface area contributed by atoms with Crippen LogP contribution in [0.15, 0.2) is 0 Å². The van der Waals surface area contributed by atoms with E-state index in [1.54, 1.807) is 0 Å². The molecule has 6 nitrogen and oxygen atoms in total. The lowest BCUT2D eigenvalue weighted by molar-refractivity contribution is -0.137. The van der Waals surface area contributed by atoms with Crippen LogP contribution in [0.1, 0.15) is 26.7 Å². The largest absolute Gasteiger partial charge is 0.468 e. The Kier molecular flexibility index (Phi) is 6.22. The Bertz CT molecular complexity index is 395. The van der Waals surface area contributed by atoms with E-state index in [0.717, 1.165) is 19.4 Å². The number of carbonyl (C=O) groups excluding carboxylic acids is 1. The van der Waals surface area contributed by atoms with Gasteiger partial charge in [-0.15, -0.1) is 0 Å². The van der Waals surface area contributed by atoms with E-state index >= 15 is 0 Å². The molecule has 1 fully saturated rings. The van der Waals surface area contributed by atoms with E-state index in [-0.39, 0.29) is 0 Å². The van der Waals surface area contributed by atoms with Crippen molar-refractivity contribution < 1.29 is 17.9 Å². The number of hydrogen-bond donors (Lipinski definition) is 1. The molecule has 1 unspecified atom stereocenters. The van der Waals surface area contributed by atoms with E-state index in [0.29, 0.717) is 25.0 Å². The van der Waals surface area contributed by atoms with Gasteiger partial charge < -0.3 is 10.1 Å². The van der Waals surface area contributed by atoms with Gasteiger partial charge in [0.05, 0.1) is 7.11 Å². The number of rotatable bonds is 6. The van der Waals surface area contributed by atoms with Crippen molar-refractivity contribution in [1.82, 2.24) is 9.62 Å². The van der Waals surface area contributed by atoms with Crippen LogP contribution >= 0.6 is 0 Å². The smallest absolute Gasteiger partial charge is 0.322 e. The Hall–Kier alpha value is -0.660. The van der Waals surface area contributed by atoms with Crippen molar-refractivity contribution in [3.05, 3.63) is 0 Å². The lowest BCUT2D eigenvalue weighted by Crippen LogP contribution is -2.45. The number of ether oxygens (including phenoxy) is 1. The highest BCUT2D eigenvalue weighted by Crippen LogP contribution is 2.19. The molecule has 1 heterocycles. The summed E-state index contributed by atoms with van der Waals surface area (Å²) in [5.41, 5.74) is 0. The first-order valence-corrected chi connectivity index (χ1v) is 8.24. The van der Waals surface area contributed by atoms with Crippen LogP contribution in [0.3, 0.4) is 0 Å². The predicted molar refractivity (Wildman–Crippen MR) is 73.2 cm³/mol. The van der Waals surface area contributed by atoms with Gasteiger partial charge in [-0.25, -0.2) is 12.7 Å². The molecule has 0 aliphatic carbocycles. The highest BCUT2D eigenvalue weighted by molar-refractivity contribution is 7.89. The Labute approximate surface area is 115 Å². The normalized spacial score (nSPS) is 21.6. The number of esters is 1. The molecular formula is C12H24N2O4S. The molecule has 1 aliphatic heterocycles. The van der Waals surface area contributed by atoms with Gasteiger partial charge in [0.25, 0.3) is 0 Å². The molecule has 1 atom stereocenters. The third-order valence-corrected chi connectivity index (χ3v) is 4.94. The summed E-state index contributed by atoms with van der Waals surface area (Å²) >= 11 is 0. The summed E-state index contributed by atoms with van der Waals surface area (Å²) in [5.74, 6) is -0.959. The van der Waals surface area contributed by atoms with E-state index < -0.39 is 21.7 Å². The van der Waals surface area contributed by atoms with Gasteiger partial charge >= 0.3 is 5.97 Å². The van der Waals surface area contributed by atoms with Crippen molar-refractivity contribution in [2.75, 3.05) is 32.5 Å². The average molecular weight is 292 g/mol. The van der Waals surface area contributed by atoms with Crippen molar-refractivity contribution in [2.24, 2.45) is 5.92 Å². The molecule has 1 N–H and O–H groups in total. The fourth-order valence-electron chi connectivity index (χ4n) is 2.15. The highest BCUT2D eigenvalue weighted by atomic mass is 32.2. The Morgan fingerprint density at radius 1 is 1.47 bits per heavy atom. The van der Waals surface area contributed by atoms with Crippen molar-refractivity contribution in [3.8, 4) is 0 Å². The van der Waals surface area contributed by atoms with Crippen molar-refractivity contribution in [2.45, 2.75) is 32.7 Å². The summed E-state index contributed by atoms with van der Waals surface area (Å²) in [6.45, 7) is 5.92. The van der Waals surface area contributed by atoms with Crippen LogP contribution in [0, 0.1) is 5.92 Å². The molecule has 0 spiro atoms. The summed E-state index contributed by atoms with van der Waals surface area (Å²) in [7, 11) is -2.34. The third kappa shape index (κ3) is 5.46. The van der Waals surface area contributed by atoms with E-state index in [1.165, 1.54) is 11.4 Å². The van der Waals surface area contributed by atoms with Crippen molar-refractivity contribution in [1.29, 1.82) is 0 Å². The molecule has 112 valence electrons. The first-order chi connectivity index (χ1) is 8.85. The van der Waals surface area contributed by atoms with Gasteiger partial charge in [0.2, 0.25) is 10.0 Å². The molecule has 1 aliphatic rings. The van der Waals surface area contributed by atoms with E-state index in [9.17, 15) is 13.2 Å². The summed E-state index contributed by atoms with van der Waals surface area (Å²) < 4.78 is 29.9. The van der Waals surface area contributed by atoms with E-state index in [2.05, 4.69) is 23.9 Å². The summed E-state index contributed by atoms with van der Waals surface area (Å²) in [6, 6.07) is 0.391. The van der Waals surface area contributed by atoms with Crippen LogP contribution in [0.25, 0.3) is 0 Å². The molecule has 0 aromatic heterocycles. The quantitative estimate of drug-likeness (QED) is 0.708. The number of hydrogen-bond acceptors (Lipinski definition) is 5. The molecule has 1 saturated heterocycles. The maximum Gasteiger partial charge on any atom is 0.322 e. The van der Waals surface area contributed by atoms with E-state index in [4.69, 9.17) is 0 Å². The van der Waals surface area contributed by atoms with Crippen LogP contribution in [0.4, 0.5) is 0 Å². The van der Waals surface area contributed by atoms with Crippen LogP contribution in [-0.4, -0.2) is 57.2 Å². The number of nitrogens with zero attached hydrogens (tertiary/aromatic N) is 1. The lowest BCUT2D eigenvalue weighted by Gasteiger charge is -2.32. The fourth-order valence-corrected chi connectivity index (χ4v) is 3.59. The summed E-state index contributed by atoms with van der Waals surface area (Å²) in [4.78, 5) is 11.1. The molecule has 0 bridgehead atoms. The lowest BCUT2D eigenvalue weighted by atomic mass is 9.99. The van der Waals surface area contributed by atoms with Gasteiger partial charge in [0.1, 0.15) is 0 Å². The minimum Gasteiger partial charge on any atom is -0.468 e. The maximum absolute atomic E-state index is 12.0. The molecule has 0 saturated carbocycles.